The number of likely N-dealkylation sites (N-methyl/N-ethyl adjacent to an activating group) is 1. The number of nitrogens with one attached hydrogen (secondary N) is 1. The Hall–Kier alpha value is -1.89. The molecule has 1 atom stereocenters. The maximum absolute atomic E-state index is 12.4. The third-order valence-electron chi connectivity index (χ3n) is 3.75. The van der Waals surface area contributed by atoms with E-state index in [2.05, 4.69) is 9.88 Å². The van der Waals surface area contributed by atoms with Gasteiger partial charge in [0.1, 0.15) is 5.56 Å². The van der Waals surface area contributed by atoms with E-state index in [-0.39, 0.29) is 11.5 Å². The van der Waals surface area contributed by atoms with E-state index in [0.717, 1.165) is 12.8 Å². The highest BCUT2D eigenvalue weighted by Gasteiger charge is 2.27. The lowest BCUT2D eigenvalue weighted by atomic mass is 10.0. The molecule has 7 nitrogen and oxygen atoms in total. The first kappa shape index (κ1) is 14.5. The van der Waals surface area contributed by atoms with Crippen LogP contribution in [-0.2, 0) is 7.05 Å². The molecule has 1 aliphatic heterocycles. The lowest BCUT2D eigenvalue weighted by Gasteiger charge is -2.36. The quantitative estimate of drug-likeness (QED) is 0.772. The number of hydrogen-bond donors (Lipinski definition) is 1. The van der Waals surface area contributed by atoms with E-state index in [9.17, 15) is 14.4 Å². The van der Waals surface area contributed by atoms with Crippen LogP contribution in [0.25, 0.3) is 0 Å². The fourth-order valence-electron chi connectivity index (χ4n) is 2.45. The molecule has 2 heterocycles. The number of carbonyl (C=O) groups is 1. The number of H-pyrrole nitrogens is 1. The maximum Gasteiger partial charge on any atom is 0.328 e. The van der Waals surface area contributed by atoms with Gasteiger partial charge in [0.25, 0.3) is 11.5 Å². The largest absolute Gasteiger partial charge is 0.337 e. The van der Waals surface area contributed by atoms with E-state index in [1.165, 1.54) is 17.8 Å². The summed E-state index contributed by atoms with van der Waals surface area (Å²) in [4.78, 5) is 41.4. The summed E-state index contributed by atoms with van der Waals surface area (Å²) >= 11 is 0. The number of carbonyl (C=O) groups excluding carboxylic acids is 1. The zero-order valence-electron chi connectivity index (χ0n) is 12.0. The zero-order chi connectivity index (χ0) is 14.9. The first-order chi connectivity index (χ1) is 9.40. The van der Waals surface area contributed by atoms with Gasteiger partial charge in [-0.3, -0.25) is 14.6 Å². The fraction of sp³-hybridized carbons (Fsp3) is 0.615. The Kier molecular flexibility index (Phi) is 4.08. The number of nitrogens with zero attached hydrogens (tertiary/aromatic N) is 3. The molecule has 7 heteroatoms. The summed E-state index contributed by atoms with van der Waals surface area (Å²) in [6.45, 7) is 1.25. The molecule has 1 N–H and O–H groups in total. The Morgan fingerprint density at radius 1 is 1.40 bits per heavy atom. The van der Waals surface area contributed by atoms with E-state index in [0.29, 0.717) is 19.1 Å². The molecule has 1 aromatic heterocycles. The number of aromatic amines is 1. The van der Waals surface area contributed by atoms with Gasteiger partial charge in [0.2, 0.25) is 0 Å². The second-order valence-corrected chi connectivity index (χ2v) is 5.42. The Labute approximate surface area is 116 Å². The average molecular weight is 280 g/mol. The predicted octanol–water partition coefficient (Wildman–Crippen LogP) is -0.760. The SMILES string of the molecule is CN(C)[C@@H]1CCCN(C(=O)c2cn(C)c(=O)[nH]c2=O)C1. The lowest BCUT2D eigenvalue weighted by molar-refractivity contribution is 0.0632. The van der Waals surface area contributed by atoms with Gasteiger partial charge in [0, 0.05) is 32.4 Å². The van der Waals surface area contributed by atoms with E-state index >= 15 is 0 Å². The van der Waals surface area contributed by atoms with Crippen LogP contribution in [0.2, 0.25) is 0 Å². The molecular formula is C13H20N4O3. The highest BCUT2D eigenvalue weighted by molar-refractivity contribution is 5.93. The van der Waals surface area contributed by atoms with Crippen LogP contribution in [0.5, 0.6) is 0 Å². The Bertz CT molecular complexity index is 617. The molecule has 2 rings (SSSR count). The second-order valence-electron chi connectivity index (χ2n) is 5.42. The van der Waals surface area contributed by atoms with Crippen molar-refractivity contribution in [3.8, 4) is 0 Å². The number of piperidine rings is 1. The molecular weight excluding hydrogens is 260 g/mol. The first-order valence-corrected chi connectivity index (χ1v) is 6.66. The van der Waals surface area contributed by atoms with E-state index in [4.69, 9.17) is 0 Å². The molecule has 0 aliphatic carbocycles. The number of rotatable bonds is 2. The van der Waals surface area contributed by atoms with E-state index < -0.39 is 11.2 Å². The van der Waals surface area contributed by atoms with Crippen molar-refractivity contribution >= 4 is 5.91 Å². The topological polar surface area (TPSA) is 78.4 Å². The summed E-state index contributed by atoms with van der Waals surface area (Å²) in [7, 11) is 5.48. The van der Waals surface area contributed by atoms with Gasteiger partial charge in [0.05, 0.1) is 0 Å². The molecule has 0 spiro atoms. The fourth-order valence-corrected chi connectivity index (χ4v) is 2.45. The van der Waals surface area contributed by atoms with Crippen LogP contribution in [0.15, 0.2) is 15.8 Å². The molecule has 0 bridgehead atoms. The first-order valence-electron chi connectivity index (χ1n) is 6.66. The molecule has 1 amide bonds. The van der Waals surface area contributed by atoms with Crippen molar-refractivity contribution in [1.29, 1.82) is 0 Å². The molecule has 0 unspecified atom stereocenters. The van der Waals surface area contributed by atoms with Gasteiger partial charge in [-0.15, -0.1) is 0 Å². The van der Waals surface area contributed by atoms with Crippen LogP contribution in [0, 0.1) is 0 Å². The number of aryl methyl sites for hydroxylation is 1. The van der Waals surface area contributed by atoms with Crippen molar-refractivity contribution in [2.24, 2.45) is 7.05 Å². The number of aromatic nitrogens is 2. The minimum Gasteiger partial charge on any atom is -0.337 e. The molecule has 20 heavy (non-hydrogen) atoms. The van der Waals surface area contributed by atoms with Gasteiger partial charge in [-0.2, -0.15) is 0 Å². The molecule has 0 radical (unpaired) electrons. The molecule has 110 valence electrons. The van der Waals surface area contributed by atoms with E-state index in [1.54, 1.807) is 4.90 Å². The monoisotopic (exact) mass is 280 g/mol. The summed E-state index contributed by atoms with van der Waals surface area (Å²) in [6, 6.07) is 0.305. The zero-order valence-corrected chi connectivity index (χ0v) is 12.0. The Morgan fingerprint density at radius 2 is 2.10 bits per heavy atom. The minimum atomic E-state index is -0.620. The van der Waals surface area contributed by atoms with Gasteiger partial charge < -0.3 is 14.4 Å². The highest BCUT2D eigenvalue weighted by atomic mass is 16.2. The molecule has 1 saturated heterocycles. The summed E-state index contributed by atoms with van der Waals surface area (Å²) < 4.78 is 1.21. The van der Waals surface area contributed by atoms with Crippen molar-refractivity contribution in [1.82, 2.24) is 19.4 Å². The van der Waals surface area contributed by atoms with Crippen LogP contribution in [0.4, 0.5) is 0 Å². The normalized spacial score (nSPS) is 19.4. The summed E-state index contributed by atoms with van der Waals surface area (Å²) in [5.74, 6) is -0.312. The summed E-state index contributed by atoms with van der Waals surface area (Å²) in [6.07, 6.45) is 3.27. The number of likely N-dealkylation sites (tertiary alicyclic amines) is 1. The lowest BCUT2D eigenvalue weighted by Crippen LogP contribution is -2.49. The highest BCUT2D eigenvalue weighted by Crippen LogP contribution is 2.15. The third-order valence-corrected chi connectivity index (χ3v) is 3.75. The summed E-state index contributed by atoms with van der Waals surface area (Å²) in [5.41, 5.74) is -1.12. The summed E-state index contributed by atoms with van der Waals surface area (Å²) in [5, 5.41) is 0. The molecule has 1 aromatic rings. The molecule has 1 fully saturated rings. The van der Waals surface area contributed by atoms with Crippen molar-refractivity contribution in [2.75, 3.05) is 27.2 Å². The molecule has 1 aliphatic rings. The van der Waals surface area contributed by atoms with Gasteiger partial charge in [0.15, 0.2) is 0 Å². The van der Waals surface area contributed by atoms with Gasteiger partial charge in [-0.05, 0) is 26.9 Å². The van der Waals surface area contributed by atoms with Crippen molar-refractivity contribution in [3.05, 3.63) is 32.6 Å². The molecule has 0 saturated carbocycles. The van der Waals surface area contributed by atoms with Crippen molar-refractivity contribution < 1.29 is 4.79 Å². The van der Waals surface area contributed by atoms with Gasteiger partial charge in [-0.25, -0.2) is 4.79 Å². The third kappa shape index (κ3) is 2.82. The predicted molar refractivity (Wildman–Crippen MR) is 74.9 cm³/mol. The standard InChI is InChI=1S/C13H20N4O3/c1-15(2)9-5-4-6-17(7-9)12(19)10-8-16(3)13(20)14-11(10)18/h8-9H,4-7H2,1-3H3,(H,14,18,20)/t9-/m1/s1. The van der Waals surface area contributed by atoms with Crippen LogP contribution in [0.1, 0.15) is 23.2 Å². The molecule has 0 aromatic carbocycles. The average Bonchev–Trinajstić information content (AvgIpc) is 2.42. The number of hydrogen-bond acceptors (Lipinski definition) is 4. The van der Waals surface area contributed by atoms with E-state index in [1.807, 2.05) is 14.1 Å². The van der Waals surface area contributed by atoms with Crippen molar-refractivity contribution in [2.45, 2.75) is 18.9 Å². The Morgan fingerprint density at radius 3 is 2.75 bits per heavy atom. The smallest absolute Gasteiger partial charge is 0.328 e. The second kappa shape index (κ2) is 5.62. The van der Waals surface area contributed by atoms with Crippen molar-refractivity contribution in [3.63, 3.8) is 0 Å². The van der Waals surface area contributed by atoms with Crippen LogP contribution < -0.4 is 11.2 Å². The Balaban J connectivity index is 2.25. The van der Waals surface area contributed by atoms with Gasteiger partial charge >= 0.3 is 5.69 Å². The maximum atomic E-state index is 12.4. The van der Waals surface area contributed by atoms with Gasteiger partial charge in [-0.1, -0.05) is 0 Å². The van der Waals surface area contributed by atoms with Crippen LogP contribution in [0.3, 0.4) is 0 Å². The van der Waals surface area contributed by atoms with Crippen LogP contribution >= 0.6 is 0 Å². The minimum absolute atomic E-state index is 0.0199. The number of amides is 1. The van der Waals surface area contributed by atoms with Crippen LogP contribution in [-0.4, -0.2) is 58.5 Å².